The van der Waals surface area contributed by atoms with Crippen LogP contribution in [0.2, 0.25) is 0 Å². The molecule has 0 aromatic heterocycles. The van der Waals surface area contributed by atoms with Gasteiger partial charge in [0.25, 0.3) is 11.1 Å². The molecule has 2 aromatic carbocycles. The molecule has 2 aromatic rings. The van der Waals surface area contributed by atoms with Crippen LogP contribution in [0.5, 0.6) is 11.5 Å². The molecule has 0 spiro atoms. The second kappa shape index (κ2) is 11.2. The molecule has 2 amide bonds. The molecular weight excluding hydrogens is 613 g/mol. The van der Waals surface area contributed by atoms with Crippen molar-refractivity contribution in [1.82, 2.24) is 4.90 Å². The number of halogens is 2. The second-order valence-electron chi connectivity index (χ2n) is 6.49. The lowest BCUT2D eigenvalue weighted by molar-refractivity contribution is -0.145. The molecule has 0 radical (unpaired) electrons. The molecule has 0 saturated carbocycles. The maximum Gasteiger partial charge on any atom is 0.344 e. The summed E-state index contributed by atoms with van der Waals surface area (Å²) < 4.78 is 17.4. The Labute approximate surface area is 211 Å². The Kier molecular flexibility index (Phi) is 8.60. The predicted molar refractivity (Wildman–Crippen MR) is 133 cm³/mol. The molecule has 168 valence electrons. The van der Waals surface area contributed by atoms with Crippen LogP contribution < -0.4 is 9.47 Å². The zero-order valence-corrected chi connectivity index (χ0v) is 21.8. The van der Waals surface area contributed by atoms with Gasteiger partial charge >= 0.3 is 5.97 Å². The lowest BCUT2D eigenvalue weighted by Crippen LogP contribution is -2.27. The summed E-state index contributed by atoms with van der Waals surface area (Å²) in [7, 11) is 1.48. The van der Waals surface area contributed by atoms with E-state index < -0.39 is 5.97 Å². The number of carbonyl (C=O) groups is 3. The van der Waals surface area contributed by atoms with Crippen molar-refractivity contribution < 1.29 is 28.6 Å². The molecule has 32 heavy (non-hydrogen) atoms. The van der Waals surface area contributed by atoms with Gasteiger partial charge in [-0.15, -0.1) is 0 Å². The van der Waals surface area contributed by atoms with Crippen LogP contribution >= 0.6 is 50.3 Å². The first-order valence-corrected chi connectivity index (χ1v) is 12.2. The van der Waals surface area contributed by atoms with Crippen LogP contribution in [0.25, 0.3) is 6.08 Å². The number of carbonyl (C=O) groups excluding carboxylic acids is 3. The molecule has 0 bridgehead atoms. The highest BCUT2D eigenvalue weighted by molar-refractivity contribution is 14.1. The number of benzene rings is 2. The van der Waals surface area contributed by atoms with Gasteiger partial charge in [0.05, 0.1) is 28.7 Å². The third kappa shape index (κ3) is 5.84. The van der Waals surface area contributed by atoms with E-state index in [9.17, 15) is 14.4 Å². The number of hydrogen-bond acceptors (Lipinski definition) is 7. The van der Waals surface area contributed by atoms with Crippen molar-refractivity contribution in [2.75, 3.05) is 20.3 Å². The standard InChI is InChI=1S/C22H19BrINO6S/c1-3-30-19(26)12-31-20-16(24)8-13(9-17(20)29-2)10-18-21(27)25(22(28)32-18)11-14-6-4-5-7-15(14)23/h4-10H,3,11-12H2,1-2H3/b18-10-. The number of imide groups is 1. The van der Waals surface area contributed by atoms with Gasteiger partial charge in [-0.3, -0.25) is 14.5 Å². The average Bonchev–Trinajstić information content (AvgIpc) is 3.01. The van der Waals surface area contributed by atoms with E-state index in [0.29, 0.717) is 25.5 Å². The maximum absolute atomic E-state index is 12.9. The Morgan fingerprint density at radius 1 is 1.25 bits per heavy atom. The van der Waals surface area contributed by atoms with Crippen molar-refractivity contribution >= 4 is 73.5 Å². The summed E-state index contributed by atoms with van der Waals surface area (Å²) in [5.41, 5.74) is 1.51. The third-order valence-corrected chi connectivity index (χ3v) is 6.83. The lowest BCUT2D eigenvalue weighted by Gasteiger charge is -2.14. The summed E-state index contributed by atoms with van der Waals surface area (Å²) in [6, 6.07) is 10.9. The molecule has 10 heteroatoms. The minimum absolute atomic E-state index is 0.185. The topological polar surface area (TPSA) is 82.1 Å². The second-order valence-corrected chi connectivity index (χ2v) is 9.50. The SMILES string of the molecule is CCOC(=O)COc1c(I)cc(/C=C2\SC(=O)N(Cc3ccccc3Br)C2=O)cc1OC. The molecule has 0 unspecified atom stereocenters. The lowest BCUT2D eigenvalue weighted by atomic mass is 10.1. The highest BCUT2D eigenvalue weighted by Crippen LogP contribution is 2.38. The van der Waals surface area contributed by atoms with Crippen molar-refractivity contribution in [2.45, 2.75) is 13.5 Å². The smallest absolute Gasteiger partial charge is 0.344 e. The summed E-state index contributed by atoms with van der Waals surface area (Å²) in [4.78, 5) is 38.5. The van der Waals surface area contributed by atoms with Crippen molar-refractivity contribution in [2.24, 2.45) is 0 Å². The highest BCUT2D eigenvalue weighted by Gasteiger charge is 2.35. The Bertz CT molecular complexity index is 1090. The van der Waals surface area contributed by atoms with E-state index in [4.69, 9.17) is 14.2 Å². The van der Waals surface area contributed by atoms with Gasteiger partial charge < -0.3 is 14.2 Å². The molecule has 0 aliphatic carbocycles. The number of hydrogen-bond donors (Lipinski definition) is 0. The Hall–Kier alpha value is -2.05. The van der Waals surface area contributed by atoms with Crippen LogP contribution in [0.1, 0.15) is 18.1 Å². The monoisotopic (exact) mass is 631 g/mol. The summed E-state index contributed by atoms with van der Waals surface area (Å²) in [6.45, 7) is 1.93. The average molecular weight is 632 g/mol. The van der Waals surface area contributed by atoms with Crippen LogP contribution in [-0.2, 0) is 20.9 Å². The van der Waals surface area contributed by atoms with Crippen molar-refractivity contribution in [3.05, 3.63) is 60.5 Å². The van der Waals surface area contributed by atoms with E-state index in [2.05, 4.69) is 38.5 Å². The van der Waals surface area contributed by atoms with Gasteiger partial charge in [0.2, 0.25) is 0 Å². The van der Waals surface area contributed by atoms with Crippen LogP contribution in [0.3, 0.4) is 0 Å². The summed E-state index contributed by atoms with van der Waals surface area (Å²) >= 11 is 6.40. The molecule has 1 heterocycles. The molecule has 0 N–H and O–H groups in total. The molecule has 1 saturated heterocycles. The normalized spacial score (nSPS) is 14.8. The van der Waals surface area contributed by atoms with Crippen LogP contribution in [-0.4, -0.2) is 42.3 Å². The van der Waals surface area contributed by atoms with Crippen molar-refractivity contribution in [1.29, 1.82) is 0 Å². The third-order valence-electron chi connectivity index (χ3n) is 4.35. The zero-order valence-electron chi connectivity index (χ0n) is 17.2. The van der Waals surface area contributed by atoms with Gasteiger partial charge in [-0.05, 0) is 76.7 Å². The van der Waals surface area contributed by atoms with Gasteiger partial charge in [0.15, 0.2) is 18.1 Å². The number of ether oxygens (including phenoxy) is 3. The zero-order chi connectivity index (χ0) is 23.3. The molecular formula is C22H19BrINO6S. The minimum Gasteiger partial charge on any atom is -0.493 e. The van der Waals surface area contributed by atoms with Gasteiger partial charge in [0, 0.05) is 4.47 Å². The first-order valence-electron chi connectivity index (χ1n) is 9.48. The summed E-state index contributed by atoms with van der Waals surface area (Å²) in [5.74, 6) is -0.0271. The first-order chi connectivity index (χ1) is 15.3. The predicted octanol–water partition coefficient (Wildman–Crippen LogP) is 5.24. The fourth-order valence-corrected chi connectivity index (χ4v) is 4.91. The fraction of sp³-hybridized carbons (Fsp3) is 0.227. The van der Waals surface area contributed by atoms with Gasteiger partial charge in [0.1, 0.15) is 0 Å². The van der Waals surface area contributed by atoms with Crippen LogP contribution in [0.15, 0.2) is 45.8 Å². The number of methoxy groups -OCH3 is 1. The first kappa shape index (κ1) is 24.6. The van der Waals surface area contributed by atoms with Crippen molar-refractivity contribution in [3.8, 4) is 11.5 Å². The van der Waals surface area contributed by atoms with E-state index in [-0.39, 0.29) is 30.9 Å². The Morgan fingerprint density at radius 2 is 2.00 bits per heavy atom. The molecule has 1 aliphatic rings. The van der Waals surface area contributed by atoms with Crippen LogP contribution in [0, 0.1) is 3.57 Å². The van der Waals surface area contributed by atoms with Gasteiger partial charge in [-0.1, -0.05) is 34.1 Å². The fourth-order valence-electron chi connectivity index (χ4n) is 2.88. The molecule has 0 atom stereocenters. The number of esters is 1. The molecule has 3 rings (SSSR count). The van der Waals surface area contributed by atoms with E-state index in [1.807, 2.05) is 24.3 Å². The quantitative estimate of drug-likeness (QED) is 0.224. The summed E-state index contributed by atoms with van der Waals surface area (Å²) in [6.07, 6.45) is 1.64. The van der Waals surface area contributed by atoms with Crippen molar-refractivity contribution in [3.63, 3.8) is 0 Å². The number of amides is 2. The summed E-state index contributed by atoms with van der Waals surface area (Å²) in [5, 5.41) is -0.326. The van der Waals surface area contributed by atoms with Gasteiger partial charge in [-0.25, -0.2) is 4.79 Å². The number of thioether (sulfide) groups is 1. The van der Waals surface area contributed by atoms with E-state index in [0.717, 1.165) is 21.8 Å². The van der Waals surface area contributed by atoms with E-state index in [1.165, 1.54) is 12.0 Å². The molecule has 1 aliphatic heterocycles. The largest absolute Gasteiger partial charge is 0.493 e. The number of nitrogens with zero attached hydrogens (tertiary/aromatic N) is 1. The highest BCUT2D eigenvalue weighted by atomic mass is 127. The van der Waals surface area contributed by atoms with E-state index >= 15 is 0 Å². The molecule has 1 fully saturated rings. The Balaban J connectivity index is 1.81. The van der Waals surface area contributed by atoms with Crippen LogP contribution in [0.4, 0.5) is 4.79 Å². The maximum atomic E-state index is 12.9. The van der Waals surface area contributed by atoms with E-state index in [1.54, 1.807) is 25.1 Å². The van der Waals surface area contributed by atoms with Gasteiger partial charge in [-0.2, -0.15) is 0 Å². The minimum atomic E-state index is -0.479. The number of rotatable bonds is 8. The Morgan fingerprint density at radius 3 is 2.69 bits per heavy atom. The molecule has 7 nitrogen and oxygen atoms in total.